The van der Waals surface area contributed by atoms with Gasteiger partial charge < -0.3 is 0 Å². The van der Waals surface area contributed by atoms with Gasteiger partial charge in [-0.1, -0.05) is 37.6 Å². The van der Waals surface area contributed by atoms with E-state index < -0.39 is 23.4 Å². The summed E-state index contributed by atoms with van der Waals surface area (Å²) in [7, 11) is 0. The fourth-order valence-corrected chi connectivity index (χ4v) is 5.20. The fraction of sp³-hybridized carbons (Fsp3) is 0.462. The zero-order chi connectivity index (χ0) is 22.2. The molecule has 2 aliphatic carbocycles. The minimum Gasteiger partial charge on any atom is -0.206 e. The van der Waals surface area contributed by atoms with Crippen molar-refractivity contribution in [1.82, 2.24) is 0 Å². The summed E-state index contributed by atoms with van der Waals surface area (Å²) >= 11 is 0. The minimum atomic E-state index is -5.03. The number of halogens is 5. The van der Waals surface area contributed by atoms with Gasteiger partial charge in [0.1, 0.15) is 17.2 Å². The van der Waals surface area contributed by atoms with Crippen LogP contribution in [0.15, 0.2) is 36.4 Å². The van der Waals surface area contributed by atoms with Gasteiger partial charge in [0.2, 0.25) is 0 Å². The maximum atomic E-state index is 14.1. The van der Waals surface area contributed by atoms with Crippen LogP contribution < -0.4 is 0 Å². The van der Waals surface area contributed by atoms with Gasteiger partial charge in [-0.15, -0.1) is 0 Å². The highest BCUT2D eigenvalue weighted by Crippen LogP contribution is 2.40. The number of unbranched alkanes of at least 4 members (excludes halogenated alkanes) is 1. The topological polar surface area (TPSA) is 0 Å². The molecule has 0 nitrogen and oxygen atoms in total. The summed E-state index contributed by atoms with van der Waals surface area (Å²) in [5.41, 5.74) is 3.83. The van der Waals surface area contributed by atoms with E-state index in [0.717, 1.165) is 56.2 Å². The van der Waals surface area contributed by atoms with Gasteiger partial charge in [0.05, 0.1) is 0 Å². The van der Waals surface area contributed by atoms with Crippen LogP contribution in [0.25, 0.3) is 0 Å². The highest BCUT2D eigenvalue weighted by Gasteiger charge is 2.38. The monoisotopic (exact) mass is 434 g/mol. The van der Waals surface area contributed by atoms with Crippen LogP contribution in [0.3, 0.4) is 0 Å². The largest absolute Gasteiger partial charge is 0.422 e. The minimum absolute atomic E-state index is 0.176. The lowest BCUT2D eigenvalue weighted by Gasteiger charge is -2.31. The van der Waals surface area contributed by atoms with Crippen LogP contribution in [0.1, 0.15) is 71.9 Å². The summed E-state index contributed by atoms with van der Waals surface area (Å²) in [4.78, 5) is 0. The molecule has 0 spiro atoms. The lowest BCUT2D eigenvalue weighted by Crippen LogP contribution is -2.20. The Bertz CT molecular complexity index is 963. The van der Waals surface area contributed by atoms with Crippen LogP contribution >= 0.6 is 0 Å². The van der Waals surface area contributed by atoms with E-state index in [1.54, 1.807) is 0 Å². The molecule has 0 radical (unpaired) electrons. The Morgan fingerprint density at radius 1 is 0.935 bits per heavy atom. The zero-order valence-electron chi connectivity index (χ0n) is 17.7. The van der Waals surface area contributed by atoms with E-state index in [-0.39, 0.29) is 5.92 Å². The van der Waals surface area contributed by atoms with Crippen molar-refractivity contribution >= 4 is 0 Å². The number of benzene rings is 2. The third kappa shape index (κ3) is 4.56. The first-order chi connectivity index (χ1) is 14.8. The average Bonchev–Trinajstić information content (AvgIpc) is 2.71. The lowest BCUT2D eigenvalue weighted by atomic mass is 9.73. The molecule has 2 aliphatic rings. The molecule has 0 amide bonds. The molecule has 0 aliphatic heterocycles. The van der Waals surface area contributed by atoms with Crippen LogP contribution in [-0.2, 0) is 31.9 Å². The van der Waals surface area contributed by atoms with E-state index in [2.05, 4.69) is 31.2 Å². The van der Waals surface area contributed by atoms with Gasteiger partial charge in [0.15, 0.2) is 0 Å². The van der Waals surface area contributed by atoms with Gasteiger partial charge in [-0.2, -0.15) is 13.2 Å². The number of allylic oxidation sites excluding steroid dienone is 2. The van der Waals surface area contributed by atoms with Crippen molar-refractivity contribution in [2.75, 3.05) is 0 Å². The molecule has 0 bridgehead atoms. The Morgan fingerprint density at radius 3 is 2.16 bits per heavy atom. The van der Waals surface area contributed by atoms with Gasteiger partial charge in [0.25, 0.3) is 0 Å². The molecule has 0 fully saturated rings. The molecule has 5 heteroatoms. The van der Waals surface area contributed by atoms with E-state index in [4.69, 9.17) is 0 Å². The van der Waals surface area contributed by atoms with Gasteiger partial charge in [-0.3, -0.25) is 0 Å². The maximum absolute atomic E-state index is 14.1. The van der Waals surface area contributed by atoms with Crippen LogP contribution in [-0.4, -0.2) is 0 Å². The van der Waals surface area contributed by atoms with Gasteiger partial charge in [-0.05, 0) is 96.7 Å². The van der Waals surface area contributed by atoms with Crippen LogP contribution in [0.4, 0.5) is 22.0 Å². The molecule has 0 saturated carbocycles. The predicted octanol–water partition coefficient (Wildman–Crippen LogP) is 7.72. The first kappa shape index (κ1) is 22.0. The summed E-state index contributed by atoms with van der Waals surface area (Å²) in [6.07, 6.45) is 7.15. The van der Waals surface area contributed by atoms with E-state index in [1.807, 2.05) is 0 Å². The van der Waals surface area contributed by atoms with Crippen LogP contribution in [0.5, 0.6) is 0 Å². The van der Waals surface area contributed by atoms with E-state index in [0.29, 0.717) is 24.3 Å². The molecular weight excluding hydrogens is 407 g/mol. The van der Waals surface area contributed by atoms with Crippen molar-refractivity contribution in [2.24, 2.45) is 5.92 Å². The Balaban J connectivity index is 1.55. The summed E-state index contributed by atoms with van der Waals surface area (Å²) < 4.78 is 66.7. The molecule has 2 unspecified atom stereocenters. The molecule has 4 rings (SSSR count). The second kappa shape index (κ2) is 8.76. The van der Waals surface area contributed by atoms with Crippen molar-refractivity contribution < 1.29 is 22.0 Å². The summed E-state index contributed by atoms with van der Waals surface area (Å²) in [5, 5.41) is 0. The zero-order valence-corrected chi connectivity index (χ0v) is 17.7. The normalized spacial score (nSPS) is 21.2. The number of hydrogen-bond acceptors (Lipinski definition) is 0. The molecular formula is C26H27F5. The molecule has 0 aromatic heterocycles. The Kier molecular flexibility index (Phi) is 6.23. The molecule has 31 heavy (non-hydrogen) atoms. The third-order valence-corrected chi connectivity index (χ3v) is 6.76. The summed E-state index contributed by atoms with van der Waals surface area (Å²) in [6.45, 7) is 2.17. The highest BCUT2D eigenvalue weighted by molar-refractivity contribution is 5.46. The second-order valence-corrected chi connectivity index (χ2v) is 8.86. The Morgan fingerprint density at radius 2 is 1.55 bits per heavy atom. The Labute approximate surface area is 180 Å². The van der Waals surface area contributed by atoms with Crippen LogP contribution in [0, 0.1) is 17.6 Å². The maximum Gasteiger partial charge on any atom is 0.422 e. The van der Waals surface area contributed by atoms with E-state index in [9.17, 15) is 22.0 Å². The molecule has 2 atom stereocenters. The molecule has 0 N–H and O–H groups in total. The SMILES string of the molecule is CCCC=CC1CCc2c(ccc3c2CCC(c2cc(F)c(C(F)(F)F)c(F)c2)C3)C1. The van der Waals surface area contributed by atoms with Gasteiger partial charge in [-0.25, -0.2) is 8.78 Å². The number of alkyl halides is 3. The lowest BCUT2D eigenvalue weighted by molar-refractivity contribution is -0.142. The first-order valence-electron chi connectivity index (χ1n) is 11.1. The van der Waals surface area contributed by atoms with Crippen molar-refractivity contribution in [2.45, 2.75) is 70.4 Å². The highest BCUT2D eigenvalue weighted by atomic mass is 19.4. The third-order valence-electron chi connectivity index (χ3n) is 6.76. The molecule has 0 saturated heterocycles. The number of rotatable bonds is 4. The smallest absolute Gasteiger partial charge is 0.206 e. The van der Waals surface area contributed by atoms with Crippen molar-refractivity contribution in [3.63, 3.8) is 0 Å². The van der Waals surface area contributed by atoms with Gasteiger partial charge in [0, 0.05) is 0 Å². The van der Waals surface area contributed by atoms with Crippen molar-refractivity contribution in [3.8, 4) is 0 Å². The first-order valence-corrected chi connectivity index (χ1v) is 11.1. The number of hydrogen-bond donors (Lipinski definition) is 0. The Hall–Kier alpha value is -2.17. The standard InChI is InChI=1S/C26H27F5/c1-2-3-4-5-16-6-10-21-18(12-16)7-8-19-13-17(9-11-22(19)21)20-14-23(27)25(24(28)15-20)26(29,30)31/h4-5,7-8,14-17H,2-3,6,9-13H2,1H3. The quantitative estimate of drug-likeness (QED) is 0.341. The fourth-order valence-electron chi connectivity index (χ4n) is 5.20. The van der Waals surface area contributed by atoms with Crippen molar-refractivity contribution in [1.29, 1.82) is 0 Å². The molecule has 0 heterocycles. The number of fused-ring (bicyclic) bond motifs is 3. The van der Waals surface area contributed by atoms with Crippen molar-refractivity contribution in [3.05, 3.63) is 81.4 Å². The molecule has 2 aromatic carbocycles. The average molecular weight is 434 g/mol. The van der Waals surface area contributed by atoms with E-state index >= 15 is 0 Å². The summed E-state index contributed by atoms with van der Waals surface area (Å²) in [5.74, 6) is -2.65. The second-order valence-electron chi connectivity index (χ2n) is 8.86. The molecule has 2 aromatic rings. The molecule has 166 valence electrons. The van der Waals surface area contributed by atoms with E-state index in [1.165, 1.54) is 16.7 Å². The van der Waals surface area contributed by atoms with Gasteiger partial charge >= 0.3 is 6.18 Å². The predicted molar refractivity (Wildman–Crippen MR) is 112 cm³/mol. The summed E-state index contributed by atoms with van der Waals surface area (Å²) in [6, 6.07) is 6.01. The van der Waals surface area contributed by atoms with Crippen LogP contribution in [0.2, 0.25) is 0 Å².